The number of rotatable bonds is 10. The second kappa shape index (κ2) is 10.1. The van der Waals surface area contributed by atoms with E-state index >= 15 is 0 Å². The summed E-state index contributed by atoms with van der Waals surface area (Å²) in [4.78, 5) is 40.0. The Labute approximate surface area is 183 Å². The molecule has 0 N–H and O–H groups in total. The Morgan fingerprint density at radius 1 is 0.938 bits per heavy atom. The highest BCUT2D eigenvalue weighted by Gasteiger charge is 2.42. The summed E-state index contributed by atoms with van der Waals surface area (Å²) in [6, 6.07) is 10.4. The lowest BCUT2D eigenvalue weighted by Crippen LogP contribution is -2.37. The summed E-state index contributed by atoms with van der Waals surface area (Å²) < 4.78 is 23.7. The van der Waals surface area contributed by atoms with Gasteiger partial charge in [-0.3, -0.25) is 19.7 Å². The van der Waals surface area contributed by atoms with Crippen molar-refractivity contribution in [2.45, 2.75) is 0 Å². The van der Waals surface area contributed by atoms with Crippen LogP contribution in [0.25, 0.3) is 5.57 Å². The topological polar surface area (TPSA) is 102 Å². The van der Waals surface area contributed by atoms with Gasteiger partial charge in [-0.1, -0.05) is 0 Å². The van der Waals surface area contributed by atoms with Crippen LogP contribution in [-0.4, -0.2) is 62.2 Å². The van der Waals surface area contributed by atoms with E-state index in [1.165, 1.54) is 50.6 Å². The van der Waals surface area contributed by atoms with Crippen LogP contribution in [-0.2, 0) is 19.1 Å². The Bertz CT molecular complexity index is 1030. The molecule has 0 saturated carbocycles. The number of benzene rings is 2. The molecular formula is C22H22FN3O6. The zero-order valence-electron chi connectivity index (χ0n) is 17.6. The predicted octanol–water partition coefficient (Wildman–Crippen LogP) is 2.61. The summed E-state index contributed by atoms with van der Waals surface area (Å²) in [5.74, 6) is -1.69. The minimum atomic E-state index is -0.606. The van der Waals surface area contributed by atoms with Gasteiger partial charge < -0.3 is 14.4 Å². The Kier molecular flexibility index (Phi) is 7.29. The first-order chi connectivity index (χ1) is 15.4. The summed E-state index contributed by atoms with van der Waals surface area (Å²) >= 11 is 0. The van der Waals surface area contributed by atoms with Crippen molar-refractivity contribution in [3.63, 3.8) is 0 Å². The van der Waals surface area contributed by atoms with Crippen LogP contribution in [0.3, 0.4) is 0 Å². The maximum absolute atomic E-state index is 13.4. The third-order valence-electron chi connectivity index (χ3n) is 4.96. The molecule has 2 amide bonds. The standard InChI is InChI=1S/C22H22FN3O6/c1-31-13-11-24(12-14-32-2)20-19(15-3-7-18(8-4-15)26(29)30)21(27)25(22(20)28)17-9-5-16(23)6-10-17/h3-10H,11-14H2,1-2H3. The number of anilines is 1. The van der Waals surface area contributed by atoms with Crippen molar-refractivity contribution in [2.24, 2.45) is 0 Å². The lowest BCUT2D eigenvalue weighted by Gasteiger charge is -2.25. The highest BCUT2D eigenvalue weighted by Crippen LogP contribution is 2.35. The van der Waals surface area contributed by atoms with Crippen LogP contribution in [0.2, 0.25) is 0 Å². The van der Waals surface area contributed by atoms with Crippen LogP contribution in [0, 0.1) is 15.9 Å². The fourth-order valence-corrected chi connectivity index (χ4v) is 3.38. The van der Waals surface area contributed by atoms with E-state index in [1.54, 1.807) is 4.90 Å². The van der Waals surface area contributed by atoms with Crippen molar-refractivity contribution in [3.05, 3.63) is 75.7 Å². The van der Waals surface area contributed by atoms with Gasteiger partial charge in [0.2, 0.25) is 0 Å². The molecule has 0 radical (unpaired) electrons. The largest absolute Gasteiger partial charge is 0.383 e. The molecule has 2 aromatic carbocycles. The van der Waals surface area contributed by atoms with Gasteiger partial charge in [0.05, 0.1) is 29.4 Å². The van der Waals surface area contributed by atoms with Crippen molar-refractivity contribution in [2.75, 3.05) is 45.4 Å². The Morgan fingerprint density at radius 2 is 1.50 bits per heavy atom. The number of carbonyl (C=O) groups is 2. The lowest BCUT2D eigenvalue weighted by atomic mass is 10.0. The van der Waals surface area contributed by atoms with Crippen molar-refractivity contribution in [3.8, 4) is 0 Å². The molecular weight excluding hydrogens is 421 g/mol. The summed E-state index contributed by atoms with van der Waals surface area (Å²) in [6.07, 6.45) is 0. The average molecular weight is 443 g/mol. The van der Waals surface area contributed by atoms with Crippen molar-refractivity contribution in [1.82, 2.24) is 4.90 Å². The molecule has 1 aliphatic rings. The van der Waals surface area contributed by atoms with Gasteiger partial charge in [0.15, 0.2) is 0 Å². The van der Waals surface area contributed by atoms with E-state index in [0.29, 0.717) is 31.9 Å². The molecule has 0 unspecified atom stereocenters. The number of ether oxygens (including phenoxy) is 2. The van der Waals surface area contributed by atoms with Gasteiger partial charge >= 0.3 is 0 Å². The Balaban J connectivity index is 2.12. The molecule has 0 saturated heterocycles. The van der Waals surface area contributed by atoms with Crippen LogP contribution in [0.15, 0.2) is 54.2 Å². The number of carbonyl (C=O) groups excluding carboxylic acids is 2. The van der Waals surface area contributed by atoms with Gasteiger partial charge in [-0.25, -0.2) is 9.29 Å². The second-order valence-corrected chi connectivity index (χ2v) is 6.92. The van der Waals surface area contributed by atoms with E-state index in [0.717, 1.165) is 17.0 Å². The smallest absolute Gasteiger partial charge is 0.282 e. The minimum absolute atomic E-state index is 0.0985. The molecule has 10 heteroatoms. The van der Waals surface area contributed by atoms with Gasteiger partial charge in [-0.05, 0) is 42.0 Å². The molecule has 0 spiro atoms. The summed E-state index contributed by atoms with van der Waals surface area (Å²) in [6.45, 7) is 1.20. The lowest BCUT2D eigenvalue weighted by molar-refractivity contribution is -0.384. The second-order valence-electron chi connectivity index (χ2n) is 6.92. The molecule has 0 atom stereocenters. The van der Waals surface area contributed by atoms with Gasteiger partial charge in [-0.15, -0.1) is 0 Å². The minimum Gasteiger partial charge on any atom is -0.383 e. The number of nitrogens with zero attached hydrogens (tertiary/aromatic N) is 3. The number of methoxy groups -OCH3 is 2. The molecule has 9 nitrogen and oxygen atoms in total. The van der Waals surface area contributed by atoms with Crippen LogP contribution < -0.4 is 4.90 Å². The molecule has 0 aliphatic carbocycles. The van der Waals surface area contributed by atoms with E-state index in [9.17, 15) is 24.1 Å². The van der Waals surface area contributed by atoms with Crippen LogP contribution in [0.1, 0.15) is 5.56 Å². The Morgan fingerprint density at radius 3 is 2.00 bits per heavy atom. The summed E-state index contributed by atoms with van der Waals surface area (Å²) in [7, 11) is 3.04. The molecule has 3 rings (SSSR count). The van der Waals surface area contributed by atoms with Crippen molar-refractivity contribution >= 4 is 28.8 Å². The van der Waals surface area contributed by atoms with E-state index in [2.05, 4.69) is 0 Å². The molecule has 0 fully saturated rings. The fourth-order valence-electron chi connectivity index (χ4n) is 3.38. The molecule has 168 valence electrons. The summed E-state index contributed by atoms with van der Waals surface area (Å²) in [5.41, 5.74) is 0.657. The van der Waals surface area contributed by atoms with E-state index < -0.39 is 22.6 Å². The predicted molar refractivity (Wildman–Crippen MR) is 114 cm³/mol. The first-order valence-electron chi connectivity index (χ1n) is 9.75. The van der Waals surface area contributed by atoms with Crippen molar-refractivity contribution < 1.29 is 28.4 Å². The number of amides is 2. The monoisotopic (exact) mass is 443 g/mol. The van der Waals surface area contributed by atoms with Gasteiger partial charge in [-0.2, -0.15) is 0 Å². The number of hydrogen-bond donors (Lipinski definition) is 0. The zero-order chi connectivity index (χ0) is 23.3. The first-order valence-corrected chi connectivity index (χ1v) is 9.75. The highest BCUT2D eigenvalue weighted by atomic mass is 19.1. The van der Waals surface area contributed by atoms with Gasteiger partial charge in [0.25, 0.3) is 17.5 Å². The number of halogens is 1. The Hall–Kier alpha value is -3.63. The molecule has 2 aromatic rings. The third kappa shape index (κ3) is 4.66. The quantitative estimate of drug-likeness (QED) is 0.316. The van der Waals surface area contributed by atoms with E-state index in [4.69, 9.17) is 9.47 Å². The van der Waals surface area contributed by atoms with E-state index in [1.807, 2.05) is 0 Å². The van der Waals surface area contributed by atoms with E-state index in [-0.39, 0.29) is 22.6 Å². The number of hydrogen-bond acceptors (Lipinski definition) is 7. The SMILES string of the molecule is COCCN(CCOC)C1=C(c2ccc([N+](=O)[O-])cc2)C(=O)N(c2ccc(F)cc2)C1=O. The van der Waals surface area contributed by atoms with Crippen LogP contribution in [0.5, 0.6) is 0 Å². The molecule has 1 aliphatic heterocycles. The third-order valence-corrected chi connectivity index (χ3v) is 4.96. The molecule has 0 bridgehead atoms. The number of imide groups is 1. The highest BCUT2D eigenvalue weighted by molar-refractivity contribution is 6.45. The van der Waals surface area contributed by atoms with Gasteiger partial charge in [0, 0.05) is 39.4 Å². The molecule has 1 heterocycles. The number of nitro groups is 1. The first kappa shape index (κ1) is 23.0. The van der Waals surface area contributed by atoms with Crippen LogP contribution in [0.4, 0.5) is 15.8 Å². The van der Waals surface area contributed by atoms with Crippen molar-refractivity contribution in [1.29, 1.82) is 0 Å². The van der Waals surface area contributed by atoms with Gasteiger partial charge in [0.1, 0.15) is 11.5 Å². The molecule has 32 heavy (non-hydrogen) atoms. The number of non-ortho nitro benzene ring substituents is 1. The van der Waals surface area contributed by atoms with Crippen LogP contribution >= 0.6 is 0 Å². The normalized spacial score (nSPS) is 13.8. The maximum atomic E-state index is 13.4. The average Bonchev–Trinajstić information content (AvgIpc) is 3.04. The molecule has 0 aromatic heterocycles. The zero-order valence-corrected chi connectivity index (χ0v) is 17.6. The fraction of sp³-hybridized carbons (Fsp3) is 0.273. The number of nitro benzene ring substituents is 1. The maximum Gasteiger partial charge on any atom is 0.282 e. The summed E-state index contributed by atoms with van der Waals surface area (Å²) in [5, 5.41) is 11.0.